The van der Waals surface area contributed by atoms with Gasteiger partial charge in [0, 0.05) is 30.9 Å². The topological polar surface area (TPSA) is 52.1 Å². The first kappa shape index (κ1) is 14.1. The van der Waals surface area contributed by atoms with Crippen molar-refractivity contribution in [3.05, 3.63) is 18.0 Å². The van der Waals surface area contributed by atoms with Crippen LogP contribution in [0.25, 0.3) is 0 Å². The van der Waals surface area contributed by atoms with Crippen LogP contribution < -0.4 is 0 Å². The van der Waals surface area contributed by atoms with Crippen molar-refractivity contribution in [2.24, 2.45) is 5.92 Å². The molecule has 1 aromatic rings. The Bertz CT molecular complexity index is 409. The second-order valence-corrected chi connectivity index (χ2v) is 6.99. The molecule has 1 saturated heterocycles. The predicted octanol–water partition coefficient (Wildman–Crippen LogP) is 2.53. The van der Waals surface area contributed by atoms with Gasteiger partial charge in [-0.05, 0) is 57.1 Å². The molecule has 2 N–H and O–H groups in total. The van der Waals surface area contributed by atoms with Crippen LogP contribution >= 0.6 is 0 Å². The zero-order valence-corrected chi connectivity index (χ0v) is 12.5. The number of nitrogens with one attached hydrogen (secondary N) is 1. The van der Waals surface area contributed by atoms with Gasteiger partial charge in [-0.25, -0.2) is 0 Å². The maximum atomic E-state index is 10.8. The van der Waals surface area contributed by atoms with Crippen molar-refractivity contribution < 1.29 is 5.11 Å². The lowest BCUT2D eigenvalue weighted by Crippen LogP contribution is -2.48. The molecule has 2 fully saturated rings. The van der Waals surface area contributed by atoms with Crippen molar-refractivity contribution in [3.63, 3.8) is 0 Å². The molecule has 1 atom stereocenters. The van der Waals surface area contributed by atoms with E-state index in [9.17, 15) is 5.11 Å². The number of likely N-dealkylation sites (tertiary alicyclic amines) is 1. The number of hydrogen-bond donors (Lipinski definition) is 2. The van der Waals surface area contributed by atoms with E-state index < -0.39 is 5.60 Å². The number of aromatic amines is 1. The molecule has 0 unspecified atom stereocenters. The molecule has 112 valence electrons. The summed E-state index contributed by atoms with van der Waals surface area (Å²) in [5.41, 5.74) is 0.807. The standard InChI is InChI=1S/C16H27N3O/c1-13-4-7-16(20,8-5-13)12-19-10-2-3-14(11-19)15-6-9-17-18-15/h6,9,13-14,20H,2-5,7-8,10-12H2,1H3,(H,17,18)/t13?,14-,16?/m1/s1. The Morgan fingerprint density at radius 1 is 1.40 bits per heavy atom. The zero-order valence-electron chi connectivity index (χ0n) is 12.5. The van der Waals surface area contributed by atoms with Crippen molar-refractivity contribution in [2.45, 2.75) is 57.0 Å². The average molecular weight is 277 g/mol. The van der Waals surface area contributed by atoms with Gasteiger partial charge in [-0.1, -0.05) is 6.92 Å². The summed E-state index contributed by atoms with van der Waals surface area (Å²) in [5, 5.41) is 18.0. The van der Waals surface area contributed by atoms with Gasteiger partial charge >= 0.3 is 0 Å². The molecule has 0 aromatic carbocycles. The van der Waals surface area contributed by atoms with Gasteiger partial charge in [0.15, 0.2) is 0 Å². The SMILES string of the molecule is CC1CCC(O)(CN2CCC[C@@H](c3ccn[nH]3)C2)CC1. The van der Waals surface area contributed by atoms with Gasteiger partial charge in [-0.3, -0.25) is 10.00 Å². The van der Waals surface area contributed by atoms with E-state index in [1.165, 1.54) is 31.4 Å². The third-order valence-electron chi connectivity index (χ3n) is 5.19. The van der Waals surface area contributed by atoms with Crippen molar-refractivity contribution >= 4 is 0 Å². The van der Waals surface area contributed by atoms with Gasteiger partial charge in [0.1, 0.15) is 0 Å². The van der Waals surface area contributed by atoms with Gasteiger partial charge in [-0.2, -0.15) is 5.10 Å². The highest BCUT2D eigenvalue weighted by molar-refractivity contribution is 5.07. The first-order chi connectivity index (χ1) is 9.65. The van der Waals surface area contributed by atoms with Gasteiger partial charge in [-0.15, -0.1) is 0 Å². The van der Waals surface area contributed by atoms with E-state index in [1.54, 1.807) is 0 Å². The number of piperidine rings is 1. The molecule has 1 aromatic heterocycles. The van der Waals surface area contributed by atoms with Gasteiger partial charge in [0.25, 0.3) is 0 Å². The maximum absolute atomic E-state index is 10.8. The molecule has 1 saturated carbocycles. The summed E-state index contributed by atoms with van der Waals surface area (Å²) in [7, 11) is 0. The lowest BCUT2D eigenvalue weighted by molar-refractivity contribution is -0.0398. The van der Waals surface area contributed by atoms with Crippen LogP contribution in [-0.4, -0.2) is 45.4 Å². The average Bonchev–Trinajstić information content (AvgIpc) is 2.97. The lowest BCUT2D eigenvalue weighted by Gasteiger charge is -2.41. The number of nitrogens with zero attached hydrogens (tertiary/aromatic N) is 2. The molecule has 0 amide bonds. The molecule has 2 aliphatic rings. The van der Waals surface area contributed by atoms with Crippen LogP contribution in [0.4, 0.5) is 0 Å². The monoisotopic (exact) mass is 277 g/mol. The van der Waals surface area contributed by atoms with Crippen molar-refractivity contribution in [2.75, 3.05) is 19.6 Å². The highest BCUT2D eigenvalue weighted by Crippen LogP contribution is 2.34. The summed E-state index contributed by atoms with van der Waals surface area (Å²) in [4.78, 5) is 2.46. The highest BCUT2D eigenvalue weighted by Gasteiger charge is 2.35. The molecule has 1 aliphatic carbocycles. The number of aliphatic hydroxyl groups is 1. The quantitative estimate of drug-likeness (QED) is 0.892. The summed E-state index contributed by atoms with van der Waals surface area (Å²) >= 11 is 0. The summed E-state index contributed by atoms with van der Waals surface area (Å²) in [5.74, 6) is 1.34. The van der Waals surface area contributed by atoms with Crippen LogP contribution in [0.5, 0.6) is 0 Å². The number of H-pyrrole nitrogens is 1. The fraction of sp³-hybridized carbons (Fsp3) is 0.812. The Balaban J connectivity index is 1.57. The molecule has 4 nitrogen and oxygen atoms in total. The van der Waals surface area contributed by atoms with Crippen molar-refractivity contribution in [3.8, 4) is 0 Å². The smallest absolute Gasteiger partial charge is 0.0774 e. The fourth-order valence-electron chi connectivity index (χ4n) is 3.82. The largest absolute Gasteiger partial charge is 0.389 e. The maximum Gasteiger partial charge on any atom is 0.0774 e. The lowest BCUT2D eigenvalue weighted by atomic mass is 9.79. The molecule has 4 heteroatoms. The minimum Gasteiger partial charge on any atom is -0.389 e. The van der Waals surface area contributed by atoms with Crippen LogP contribution in [0.2, 0.25) is 0 Å². The van der Waals surface area contributed by atoms with Gasteiger partial charge < -0.3 is 5.11 Å². The molecule has 20 heavy (non-hydrogen) atoms. The second-order valence-electron chi connectivity index (χ2n) is 6.99. The molecular weight excluding hydrogens is 250 g/mol. The Morgan fingerprint density at radius 3 is 2.90 bits per heavy atom. The molecule has 3 rings (SSSR count). The zero-order chi connectivity index (χ0) is 14.0. The van der Waals surface area contributed by atoms with E-state index >= 15 is 0 Å². The summed E-state index contributed by atoms with van der Waals surface area (Å²) in [6, 6.07) is 2.09. The van der Waals surface area contributed by atoms with Crippen LogP contribution in [0, 0.1) is 5.92 Å². The second kappa shape index (κ2) is 5.86. The van der Waals surface area contributed by atoms with E-state index in [1.807, 2.05) is 6.20 Å². The Morgan fingerprint density at radius 2 is 2.20 bits per heavy atom. The van der Waals surface area contributed by atoms with Crippen LogP contribution in [0.3, 0.4) is 0 Å². The van der Waals surface area contributed by atoms with Crippen molar-refractivity contribution in [1.82, 2.24) is 15.1 Å². The Kier molecular flexibility index (Phi) is 4.13. The first-order valence-electron chi connectivity index (χ1n) is 8.09. The summed E-state index contributed by atoms with van der Waals surface area (Å²) in [6.45, 7) is 5.33. The van der Waals surface area contributed by atoms with Gasteiger partial charge in [0.2, 0.25) is 0 Å². The Hall–Kier alpha value is -0.870. The van der Waals surface area contributed by atoms with E-state index in [0.29, 0.717) is 5.92 Å². The number of hydrogen-bond acceptors (Lipinski definition) is 3. The summed E-state index contributed by atoms with van der Waals surface area (Å²) in [6.07, 6.45) is 8.58. The molecule has 0 spiro atoms. The van der Waals surface area contributed by atoms with E-state index in [-0.39, 0.29) is 0 Å². The minimum absolute atomic E-state index is 0.442. The molecule has 0 bridgehead atoms. The van der Waals surface area contributed by atoms with Crippen LogP contribution in [0.1, 0.15) is 57.1 Å². The van der Waals surface area contributed by atoms with Crippen LogP contribution in [-0.2, 0) is 0 Å². The first-order valence-corrected chi connectivity index (χ1v) is 8.09. The number of rotatable bonds is 3. The molecule has 0 radical (unpaired) electrons. The number of β-amino-alcohol motifs (C(OH)–C–C–N with tert-alkyl or cyclic N) is 1. The highest BCUT2D eigenvalue weighted by atomic mass is 16.3. The van der Waals surface area contributed by atoms with E-state index in [4.69, 9.17) is 0 Å². The normalized spacial score (nSPS) is 36.1. The third-order valence-corrected chi connectivity index (χ3v) is 5.19. The Labute approximate surface area is 121 Å². The number of aromatic nitrogens is 2. The van der Waals surface area contributed by atoms with Crippen molar-refractivity contribution in [1.29, 1.82) is 0 Å². The third kappa shape index (κ3) is 3.23. The molecule has 1 aliphatic heterocycles. The minimum atomic E-state index is -0.442. The van der Waals surface area contributed by atoms with E-state index in [2.05, 4.69) is 28.1 Å². The molecule has 2 heterocycles. The van der Waals surface area contributed by atoms with E-state index in [0.717, 1.165) is 38.4 Å². The summed E-state index contributed by atoms with van der Waals surface area (Å²) < 4.78 is 0. The predicted molar refractivity (Wildman–Crippen MR) is 79.6 cm³/mol. The van der Waals surface area contributed by atoms with Gasteiger partial charge in [0.05, 0.1) is 5.60 Å². The van der Waals surface area contributed by atoms with Crippen LogP contribution in [0.15, 0.2) is 12.3 Å². The fourth-order valence-corrected chi connectivity index (χ4v) is 3.82. The molecular formula is C16H27N3O.